The molecule has 138 valence electrons. The van der Waals surface area contributed by atoms with E-state index in [1.807, 2.05) is 31.4 Å². The SMILES string of the molecule is CC(C)n1cc(CC2NC(=O)N(CC(=O)NCc3cccs3)C2=O)nn1. The summed E-state index contributed by atoms with van der Waals surface area (Å²) in [5, 5.41) is 15.2. The molecule has 1 unspecified atom stereocenters. The van der Waals surface area contributed by atoms with Crippen LogP contribution in [-0.4, -0.2) is 50.3 Å². The van der Waals surface area contributed by atoms with Gasteiger partial charge in [-0.3, -0.25) is 14.5 Å². The van der Waals surface area contributed by atoms with Crippen LogP contribution < -0.4 is 10.6 Å². The van der Waals surface area contributed by atoms with E-state index < -0.39 is 18.0 Å². The molecule has 0 aromatic carbocycles. The first-order valence-corrected chi connectivity index (χ1v) is 9.13. The van der Waals surface area contributed by atoms with Crippen LogP contribution in [0.1, 0.15) is 30.5 Å². The Morgan fingerprint density at radius 2 is 2.23 bits per heavy atom. The molecule has 4 amide bonds. The van der Waals surface area contributed by atoms with Gasteiger partial charge in [0.25, 0.3) is 5.91 Å². The highest BCUT2D eigenvalue weighted by atomic mass is 32.1. The van der Waals surface area contributed by atoms with Crippen molar-refractivity contribution in [2.45, 2.75) is 38.9 Å². The third kappa shape index (κ3) is 4.07. The van der Waals surface area contributed by atoms with Gasteiger partial charge in [-0.15, -0.1) is 16.4 Å². The van der Waals surface area contributed by atoms with Crippen molar-refractivity contribution in [3.05, 3.63) is 34.3 Å². The lowest BCUT2D eigenvalue weighted by Crippen LogP contribution is -2.41. The maximum absolute atomic E-state index is 12.4. The highest BCUT2D eigenvalue weighted by Gasteiger charge is 2.39. The molecule has 1 aliphatic rings. The standard InChI is InChI=1S/C16H20N6O3S/c1-10(2)22-8-11(19-20-22)6-13-15(24)21(16(25)18-13)9-14(23)17-7-12-4-3-5-26-12/h3-5,8,10,13H,6-7,9H2,1-2H3,(H,17,23)(H,18,25). The van der Waals surface area contributed by atoms with Gasteiger partial charge in [-0.05, 0) is 25.3 Å². The minimum Gasteiger partial charge on any atom is -0.350 e. The average molecular weight is 376 g/mol. The maximum Gasteiger partial charge on any atom is 0.325 e. The zero-order chi connectivity index (χ0) is 18.7. The fourth-order valence-electron chi connectivity index (χ4n) is 2.53. The number of rotatable bonds is 7. The number of hydrogen-bond donors (Lipinski definition) is 2. The molecular weight excluding hydrogens is 356 g/mol. The van der Waals surface area contributed by atoms with Crippen LogP contribution in [0.5, 0.6) is 0 Å². The Labute approximate surface area is 154 Å². The Morgan fingerprint density at radius 3 is 2.88 bits per heavy atom. The number of nitrogens with one attached hydrogen (secondary N) is 2. The van der Waals surface area contributed by atoms with Gasteiger partial charge in [0.2, 0.25) is 5.91 Å². The molecule has 2 N–H and O–H groups in total. The van der Waals surface area contributed by atoms with E-state index in [-0.39, 0.29) is 24.9 Å². The molecule has 1 atom stereocenters. The lowest BCUT2D eigenvalue weighted by molar-refractivity contribution is -0.132. The van der Waals surface area contributed by atoms with E-state index in [1.165, 1.54) is 11.3 Å². The predicted molar refractivity (Wildman–Crippen MR) is 94.3 cm³/mol. The zero-order valence-electron chi connectivity index (χ0n) is 14.5. The largest absolute Gasteiger partial charge is 0.350 e. The number of thiophene rings is 1. The molecule has 2 aromatic heterocycles. The Hall–Kier alpha value is -2.75. The number of urea groups is 1. The van der Waals surface area contributed by atoms with Crippen molar-refractivity contribution >= 4 is 29.2 Å². The Kier molecular flexibility index (Phi) is 5.31. The van der Waals surface area contributed by atoms with Crippen molar-refractivity contribution in [3.63, 3.8) is 0 Å². The number of amides is 4. The van der Waals surface area contributed by atoms with Crippen LogP contribution in [-0.2, 0) is 22.6 Å². The fourth-order valence-corrected chi connectivity index (χ4v) is 3.18. The van der Waals surface area contributed by atoms with Crippen molar-refractivity contribution < 1.29 is 14.4 Å². The average Bonchev–Trinajstić information content (AvgIpc) is 3.32. The molecule has 0 saturated carbocycles. The quantitative estimate of drug-likeness (QED) is 0.692. The Balaban J connectivity index is 1.55. The summed E-state index contributed by atoms with van der Waals surface area (Å²) in [6.45, 7) is 4.02. The normalized spacial score (nSPS) is 17.0. The minimum absolute atomic E-state index is 0.161. The second-order valence-corrected chi connectivity index (χ2v) is 7.30. The summed E-state index contributed by atoms with van der Waals surface area (Å²) in [4.78, 5) is 38.4. The van der Waals surface area contributed by atoms with Gasteiger partial charge in [0.15, 0.2) is 0 Å². The third-order valence-corrected chi connectivity index (χ3v) is 4.83. The molecule has 1 fully saturated rings. The predicted octanol–water partition coefficient (Wildman–Crippen LogP) is 0.700. The van der Waals surface area contributed by atoms with Gasteiger partial charge >= 0.3 is 6.03 Å². The summed E-state index contributed by atoms with van der Waals surface area (Å²) in [7, 11) is 0. The Morgan fingerprint density at radius 1 is 1.42 bits per heavy atom. The molecule has 1 saturated heterocycles. The first-order valence-electron chi connectivity index (χ1n) is 8.25. The summed E-state index contributed by atoms with van der Waals surface area (Å²) in [5.74, 6) is -0.811. The van der Waals surface area contributed by atoms with Crippen LogP contribution in [0.2, 0.25) is 0 Å². The lowest BCUT2D eigenvalue weighted by Gasteiger charge is -2.12. The van der Waals surface area contributed by atoms with E-state index in [0.29, 0.717) is 12.2 Å². The number of hydrogen-bond acceptors (Lipinski definition) is 6. The minimum atomic E-state index is -0.732. The molecule has 0 radical (unpaired) electrons. The van der Waals surface area contributed by atoms with Gasteiger partial charge < -0.3 is 10.6 Å². The molecule has 10 heteroatoms. The lowest BCUT2D eigenvalue weighted by atomic mass is 10.1. The van der Waals surface area contributed by atoms with E-state index in [9.17, 15) is 14.4 Å². The third-order valence-electron chi connectivity index (χ3n) is 3.95. The van der Waals surface area contributed by atoms with Gasteiger partial charge in [-0.2, -0.15) is 0 Å². The summed E-state index contributed by atoms with van der Waals surface area (Å²) in [6, 6.07) is 2.66. The van der Waals surface area contributed by atoms with Crippen LogP contribution in [0, 0.1) is 0 Å². The molecule has 9 nitrogen and oxygen atoms in total. The smallest absolute Gasteiger partial charge is 0.325 e. The first-order chi connectivity index (χ1) is 12.4. The topological polar surface area (TPSA) is 109 Å². The molecule has 0 spiro atoms. The van der Waals surface area contributed by atoms with Gasteiger partial charge in [0.1, 0.15) is 12.6 Å². The first kappa shape index (κ1) is 18.1. The monoisotopic (exact) mass is 376 g/mol. The van der Waals surface area contributed by atoms with E-state index in [2.05, 4.69) is 20.9 Å². The molecule has 3 heterocycles. The van der Waals surface area contributed by atoms with Gasteiger partial charge in [-0.25, -0.2) is 9.48 Å². The zero-order valence-corrected chi connectivity index (χ0v) is 15.3. The number of carbonyl (C=O) groups excluding carboxylic acids is 3. The molecule has 0 bridgehead atoms. The Bertz CT molecular complexity index is 801. The second-order valence-electron chi connectivity index (χ2n) is 6.27. The molecule has 2 aromatic rings. The van der Waals surface area contributed by atoms with Crippen LogP contribution in [0.25, 0.3) is 0 Å². The van der Waals surface area contributed by atoms with Crippen LogP contribution >= 0.6 is 11.3 Å². The second kappa shape index (κ2) is 7.65. The molecule has 0 aliphatic carbocycles. The number of imide groups is 1. The van der Waals surface area contributed by atoms with Crippen molar-refractivity contribution in [2.75, 3.05) is 6.54 Å². The molecule has 26 heavy (non-hydrogen) atoms. The van der Waals surface area contributed by atoms with Gasteiger partial charge in [-0.1, -0.05) is 11.3 Å². The highest BCUT2D eigenvalue weighted by molar-refractivity contribution is 7.09. The van der Waals surface area contributed by atoms with Crippen molar-refractivity contribution in [3.8, 4) is 0 Å². The fraction of sp³-hybridized carbons (Fsp3) is 0.438. The summed E-state index contributed by atoms with van der Waals surface area (Å²) < 4.78 is 1.69. The van der Waals surface area contributed by atoms with E-state index in [0.717, 1.165) is 9.78 Å². The van der Waals surface area contributed by atoms with Crippen molar-refractivity contribution in [1.82, 2.24) is 30.5 Å². The van der Waals surface area contributed by atoms with Gasteiger partial charge in [0.05, 0.1) is 12.2 Å². The van der Waals surface area contributed by atoms with Crippen LogP contribution in [0.3, 0.4) is 0 Å². The summed E-state index contributed by atoms with van der Waals surface area (Å²) >= 11 is 1.52. The van der Waals surface area contributed by atoms with Crippen molar-refractivity contribution in [2.24, 2.45) is 0 Å². The van der Waals surface area contributed by atoms with Crippen molar-refractivity contribution in [1.29, 1.82) is 0 Å². The van der Waals surface area contributed by atoms with E-state index in [4.69, 9.17) is 0 Å². The van der Waals surface area contributed by atoms with Crippen LogP contribution in [0.15, 0.2) is 23.7 Å². The number of nitrogens with zero attached hydrogens (tertiary/aromatic N) is 4. The van der Waals surface area contributed by atoms with E-state index in [1.54, 1.807) is 10.9 Å². The highest BCUT2D eigenvalue weighted by Crippen LogP contribution is 2.12. The summed E-state index contributed by atoms with van der Waals surface area (Å²) in [5.41, 5.74) is 0.612. The molecule has 1 aliphatic heterocycles. The molecular formula is C16H20N6O3S. The number of carbonyl (C=O) groups is 3. The maximum atomic E-state index is 12.4. The molecule has 3 rings (SSSR count). The van der Waals surface area contributed by atoms with E-state index >= 15 is 0 Å². The summed E-state index contributed by atoms with van der Waals surface area (Å²) in [6.07, 6.45) is 1.99. The van der Waals surface area contributed by atoms with Gasteiger partial charge in [0, 0.05) is 23.5 Å². The van der Waals surface area contributed by atoms with Crippen LogP contribution in [0.4, 0.5) is 4.79 Å². The number of aromatic nitrogens is 3.